The summed E-state index contributed by atoms with van der Waals surface area (Å²) in [5.74, 6) is -0.218. The lowest BCUT2D eigenvalue weighted by molar-refractivity contribution is 0.467. The second kappa shape index (κ2) is 9.42. The third kappa shape index (κ3) is 4.86. The molecule has 0 aliphatic rings. The van der Waals surface area contributed by atoms with Crippen LogP contribution in [0.2, 0.25) is 10.0 Å². The first-order valence-corrected chi connectivity index (χ1v) is 11.4. The van der Waals surface area contributed by atoms with Crippen molar-refractivity contribution in [3.8, 4) is 5.75 Å². The van der Waals surface area contributed by atoms with Gasteiger partial charge in [-0.05, 0) is 54.0 Å². The predicted molar refractivity (Wildman–Crippen MR) is 136 cm³/mol. The molecule has 0 fully saturated rings. The van der Waals surface area contributed by atoms with Gasteiger partial charge in [-0.1, -0.05) is 71.4 Å². The Hall–Kier alpha value is -2.71. The molecule has 0 spiro atoms. The number of rotatable bonds is 5. The summed E-state index contributed by atoms with van der Waals surface area (Å²) >= 11 is 18.4. The number of aromatic amines is 1. The molecule has 0 amide bonds. The number of hydrogen-bond acceptors (Lipinski definition) is 4. The standard InChI is InChI=1S/C23H17Cl2N3O2S2/c24-14-10-15(25)19-17(11-14)27-22(30)21(20(19)29)32-18-7-6-13(9-16(18)28-23(26)31)8-12-4-2-1-3-5-12/h1-7,9-11H,8H2,(H3,26,28,31)(H2,27,29,30). The molecule has 0 saturated carbocycles. The Morgan fingerprint density at radius 1 is 1.09 bits per heavy atom. The molecule has 0 bridgehead atoms. The maximum absolute atomic E-state index is 12.7. The summed E-state index contributed by atoms with van der Waals surface area (Å²) in [5.41, 5.74) is 8.44. The Morgan fingerprint density at radius 3 is 2.56 bits per heavy atom. The first-order valence-electron chi connectivity index (χ1n) is 9.47. The maximum Gasteiger partial charge on any atom is 0.266 e. The summed E-state index contributed by atoms with van der Waals surface area (Å²) in [6.45, 7) is 0. The Bertz CT molecular complexity index is 1390. The summed E-state index contributed by atoms with van der Waals surface area (Å²) in [5, 5.41) is 14.8. The molecule has 4 aromatic rings. The minimum atomic E-state index is -0.465. The first-order chi connectivity index (χ1) is 15.3. The highest BCUT2D eigenvalue weighted by Gasteiger charge is 2.18. The minimum absolute atomic E-state index is 0.0954. The summed E-state index contributed by atoms with van der Waals surface area (Å²) in [6.07, 6.45) is 0.718. The normalized spacial score (nSPS) is 10.9. The van der Waals surface area contributed by atoms with Gasteiger partial charge >= 0.3 is 0 Å². The summed E-state index contributed by atoms with van der Waals surface area (Å²) in [6, 6.07) is 18.8. The van der Waals surface area contributed by atoms with E-state index in [2.05, 4.69) is 10.3 Å². The number of aromatic hydroxyl groups is 1. The van der Waals surface area contributed by atoms with Crippen LogP contribution in [0.4, 0.5) is 5.69 Å². The highest BCUT2D eigenvalue weighted by Crippen LogP contribution is 2.41. The van der Waals surface area contributed by atoms with Crippen LogP contribution in [0.25, 0.3) is 10.9 Å². The van der Waals surface area contributed by atoms with Gasteiger partial charge < -0.3 is 21.1 Å². The van der Waals surface area contributed by atoms with Crippen LogP contribution in [-0.4, -0.2) is 15.2 Å². The number of benzene rings is 3. The smallest absolute Gasteiger partial charge is 0.266 e. The average molecular weight is 502 g/mol. The van der Waals surface area contributed by atoms with Crippen molar-refractivity contribution in [2.75, 3.05) is 5.32 Å². The molecule has 32 heavy (non-hydrogen) atoms. The molecule has 0 aliphatic carbocycles. The van der Waals surface area contributed by atoms with E-state index in [1.54, 1.807) is 0 Å². The topological polar surface area (TPSA) is 91.1 Å². The molecule has 1 heterocycles. The Labute approximate surface area is 203 Å². The number of nitrogens with one attached hydrogen (secondary N) is 2. The van der Waals surface area contributed by atoms with E-state index in [4.69, 9.17) is 41.2 Å². The molecule has 0 atom stereocenters. The molecule has 0 aliphatic heterocycles. The fourth-order valence-electron chi connectivity index (χ4n) is 3.36. The lowest BCUT2D eigenvalue weighted by Crippen LogP contribution is -2.19. The van der Waals surface area contributed by atoms with Crippen molar-refractivity contribution in [1.29, 1.82) is 0 Å². The first kappa shape index (κ1) is 22.5. The van der Waals surface area contributed by atoms with Gasteiger partial charge in [0.25, 0.3) is 5.56 Å². The molecule has 1 aromatic heterocycles. The van der Waals surface area contributed by atoms with E-state index in [0.717, 1.165) is 29.3 Å². The van der Waals surface area contributed by atoms with Crippen molar-refractivity contribution in [2.45, 2.75) is 16.2 Å². The van der Waals surface area contributed by atoms with Gasteiger partial charge in [0, 0.05) is 9.92 Å². The quantitative estimate of drug-likeness (QED) is 0.253. The maximum atomic E-state index is 12.7. The van der Waals surface area contributed by atoms with Gasteiger partial charge in [0.1, 0.15) is 10.6 Å². The van der Waals surface area contributed by atoms with Crippen LogP contribution in [0.3, 0.4) is 0 Å². The molecule has 4 rings (SSSR count). The predicted octanol–water partition coefficient (Wildman–Crippen LogP) is 5.94. The fraction of sp³-hybridized carbons (Fsp3) is 0.0435. The minimum Gasteiger partial charge on any atom is -0.506 e. The molecule has 5 N–H and O–H groups in total. The Morgan fingerprint density at radius 2 is 1.84 bits per heavy atom. The summed E-state index contributed by atoms with van der Waals surface area (Å²) < 4.78 is 0. The van der Waals surface area contributed by atoms with Gasteiger partial charge in [-0.25, -0.2) is 0 Å². The molecule has 162 valence electrons. The largest absolute Gasteiger partial charge is 0.506 e. The van der Waals surface area contributed by atoms with Crippen molar-refractivity contribution < 1.29 is 5.11 Å². The molecular formula is C23H17Cl2N3O2S2. The number of thiocarbonyl (C=S) groups is 1. The highest BCUT2D eigenvalue weighted by atomic mass is 35.5. The van der Waals surface area contributed by atoms with Crippen molar-refractivity contribution in [2.24, 2.45) is 5.73 Å². The van der Waals surface area contributed by atoms with Crippen molar-refractivity contribution in [3.63, 3.8) is 0 Å². The number of fused-ring (bicyclic) bond motifs is 1. The number of halogens is 2. The van der Waals surface area contributed by atoms with E-state index >= 15 is 0 Å². The number of nitrogens with two attached hydrogens (primary N) is 1. The number of hydrogen-bond donors (Lipinski definition) is 4. The van der Waals surface area contributed by atoms with Crippen molar-refractivity contribution in [3.05, 3.63) is 92.2 Å². The van der Waals surface area contributed by atoms with Gasteiger partial charge in [0.15, 0.2) is 5.11 Å². The molecule has 0 radical (unpaired) electrons. The van der Waals surface area contributed by atoms with Gasteiger partial charge in [-0.15, -0.1) is 0 Å². The average Bonchev–Trinajstić information content (AvgIpc) is 2.72. The third-order valence-electron chi connectivity index (χ3n) is 4.73. The monoisotopic (exact) mass is 501 g/mol. The van der Waals surface area contributed by atoms with Crippen LogP contribution in [-0.2, 0) is 6.42 Å². The third-order valence-corrected chi connectivity index (χ3v) is 6.50. The second-order valence-corrected chi connectivity index (χ2v) is 9.36. The number of pyridine rings is 1. The van der Waals surface area contributed by atoms with Crippen LogP contribution in [0.15, 0.2) is 75.2 Å². The molecule has 9 heteroatoms. The van der Waals surface area contributed by atoms with Gasteiger partial charge in [-0.3, -0.25) is 4.79 Å². The zero-order valence-electron chi connectivity index (χ0n) is 16.5. The van der Waals surface area contributed by atoms with Crippen LogP contribution in [0.5, 0.6) is 5.75 Å². The second-order valence-electron chi connectivity index (χ2n) is 7.03. The zero-order valence-corrected chi connectivity index (χ0v) is 19.6. The Balaban J connectivity index is 1.76. The summed E-state index contributed by atoms with van der Waals surface area (Å²) in [7, 11) is 0. The van der Waals surface area contributed by atoms with Crippen LogP contribution in [0.1, 0.15) is 11.1 Å². The lowest BCUT2D eigenvalue weighted by atomic mass is 10.0. The SMILES string of the molecule is NC(=S)Nc1cc(Cc2ccccc2)ccc1Sc1c(O)c2c(Cl)cc(Cl)cc2[nH]c1=O. The van der Waals surface area contributed by atoms with Gasteiger partial charge in [-0.2, -0.15) is 0 Å². The molecule has 0 saturated heterocycles. The summed E-state index contributed by atoms with van der Waals surface area (Å²) in [4.78, 5) is 16.2. The van der Waals surface area contributed by atoms with E-state index in [1.807, 2.05) is 48.5 Å². The number of aromatic nitrogens is 1. The van der Waals surface area contributed by atoms with Gasteiger partial charge in [0.05, 0.1) is 21.6 Å². The van der Waals surface area contributed by atoms with E-state index in [0.29, 0.717) is 26.5 Å². The number of anilines is 1. The fourth-order valence-corrected chi connectivity index (χ4v) is 4.97. The van der Waals surface area contributed by atoms with E-state index in [-0.39, 0.29) is 20.8 Å². The van der Waals surface area contributed by atoms with E-state index < -0.39 is 5.56 Å². The molecule has 3 aromatic carbocycles. The highest BCUT2D eigenvalue weighted by molar-refractivity contribution is 7.99. The van der Waals surface area contributed by atoms with E-state index in [1.165, 1.54) is 12.1 Å². The van der Waals surface area contributed by atoms with Crippen molar-refractivity contribution in [1.82, 2.24) is 4.98 Å². The van der Waals surface area contributed by atoms with Crippen molar-refractivity contribution >= 4 is 68.9 Å². The van der Waals surface area contributed by atoms with Crippen LogP contribution < -0.4 is 16.6 Å². The van der Waals surface area contributed by atoms with E-state index in [9.17, 15) is 9.90 Å². The lowest BCUT2D eigenvalue weighted by Gasteiger charge is -2.14. The number of H-pyrrole nitrogens is 1. The zero-order chi connectivity index (χ0) is 22.8. The van der Waals surface area contributed by atoms with Gasteiger partial charge in [0.2, 0.25) is 0 Å². The molecular weight excluding hydrogens is 485 g/mol. The van der Waals surface area contributed by atoms with Crippen LogP contribution in [0, 0.1) is 0 Å². The molecule has 5 nitrogen and oxygen atoms in total. The van der Waals surface area contributed by atoms with Crippen LogP contribution >= 0.6 is 47.2 Å². The molecule has 0 unspecified atom stereocenters. The Kier molecular flexibility index (Phi) is 6.62.